The third-order valence-electron chi connectivity index (χ3n) is 4.74. The van der Waals surface area contributed by atoms with Gasteiger partial charge in [0.25, 0.3) is 5.91 Å². The molecular formula is C24H16ClN3O3S. The topological polar surface area (TPSA) is 77.2 Å². The molecule has 32 heavy (non-hydrogen) atoms. The Kier molecular flexibility index (Phi) is 5.58. The van der Waals surface area contributed by atoms with Crippen molar-refractivity contribution >= 4 is 44.7 Å². The van der Waals surface area contributed by atoms with Crippen molar-refractivity contribution in [3.63, 3.8) is 0 Å². The summed E-state index contributed by atoms with van der Waals surface area (Å²) in [5.74, 6) is 1.00. The second-order valence-electron chi connectivity index (χ2n) is 6.90. The van der Waals surface area contributed by atoms with E-state index in [4.69, 9.17) is 20.8 Å². The molecule has 0 spiro atoms. The molecule has 6 nitrogen and oxygen atoms in total. The fourth-order valence-corrected chi connectivity index (χ4v) is 4.07. The van der Waals surface area contributed by atoms with Gasteiger partial charge in [-0.15, -0.1) is 10.2 Å². The van der Waals surface area contributed by atoms with Crippen LogP contribution in [0.5, 0.6) is 5.75 Å². The molecule has 2 heterocycles. The van der Waals surface area contributed by atoms with Crippen LogP contribution in [0.2, 0.25) is 5.02 Å². The fraction of sp³-hybridized carbons (Fsp3) is 0.0417. The molecule has 5 aromatic rings. The predicted octanol–water partition coefficient (Wildman–Crippen LogP) is 6.44. The van der Waals surface area contributed by atoms with E-state index < -0.39 is 5.91 Å². The molecule has 0 aliphatic rings. The minimum atomic E-state index is -0.415. The first-order chi connectivity index (χ1) is 15.7. The summed E-state index contributed by atoms with van der Waals surface area (Å²) < 4.78 is 11.5. The molecular weight excluding hydrogens is 446 g/mol. The monoisotopic (exact) mass is 461 g/mol. The zero-order chi connectivity index (χ0) is 21.9. The van der Waals surface area contributed by atoms with Crippen LogP contribution in [0.3, 0.4) is 0 Å². The summed E-state index contributed by atoms with van der Waals surface area (Å²) in [6.07, 6.45) is 0. The highest BCUT2D eigenvalue weighted by atomic mass is 35.5. The third kappa shape index (κ3) is 4.34. The number of amides is 1. The lowest BCUT2D eigenvalue weighted by atomic mass is 10.1. The Labute approximate surface area is 192 Å². The van der Waals surface area contributed by atoms with Gasteiger partial charge in [0.15, 0.2) is 10.8 Å². The Morgan fingerprint density at radius 2 is 1.78 bits per heavy atom. The van der Waals surface area contributed by atoms with Crippen LogP contribution in [0.25, 0.3) is 22.1 Å². The van der Waals surface area contributed by atoms with E-state index in [0.29, 0.717) is 20.9 Å². The van der Waals surface area contributed by atoms with E-state index in [1.807, 2.05) is 54.6 Å². The van der Waals surface area contributed by atoms with Gasteiger partial charge in [0.2, 0.25) is 5.13 Å². The minimum absolute atomic E-state index is 0.157. The maximum Gasteiger partial charge on any atom is 0.293 e. The van der Waals surface area contributed by atoms with Crippen LogP contribution in [0, 0.1) is 0 Å². The Morgan fingerprint density at radius 3 is 2.66 bits per heavy atom. The molecule has 0 aliphatic heterocycles. The molecule has 158 valence electrons. The summed E-state index contributed by atoms with van der Waals surface area (Å²) in [5, 5.41) is 14.6. The Bertz CT molecular complexity index is 1410. The normalized spacial score (nSPS) is 10.9. The molecule has 0 saturated carbocycles. The summed E-state index contributed by atoms with van der Waals surface area (Å²) in [6.45, 7) is 0.253. The number of aromatic nitrogens is 2. The first-order valence-corrected chi connectivity index (χ1v) is 11.0. The maximum atomic E-state index is 12.5. The lowest BCUT2D eigenvalue weighted by Crippen LogP contribution is -2.10. The number of nitrogens with zero attached hydrogens (tertiary/aromatic N) is 2. The van der Waals surface area contributed by atoms with Crippen molar-refractivity contribution < 1.29 is 13.9 Å². The van der Waals surface area contributed by atoms with Gasteiger partial charge < -0.3 is 9.15 Å². The van der Waals surface area contributed by atoms with Crippen molar-refractivity contribution in [1.29, 1.82) is 0 Å². The molecule has 0 atom stereocenters. The van der Waals surface area contributed by atoms with Crippen molar-refractivity contribution in [1.82, 2.24) is 10.2 Å². The van der Waals surface area contributed by atoms with Gasteiger partial charge in [0, 0.05) is 5.56 Å². The second-order valence-corrected chi connectivity index (χ2v) is 8.37. The highest BCUT2D eigenvalue weighted by molar-refractivity contribution is 7.15. The Morgan fingerprint density at radius 1 is 0.969 bits per heavy atom. The lowest BCUT2D eigenvalue weighted by molar-refractivity contribution is 0.0997. The molecule has 0 radical (unpaired) electrons. The van der Waals surface area contributed by atoms with E-state index in [1.165, 1.54) is 11.3 Å². The number of furan rings is 1. The summed E-state index contributed by atoms with van der Waals surface area (Å²) in [4.78, 5) is 12.5. The standard InChI is InChI=1S/C24H16ClN3O3S/c25-19-8-4-3-7-18(19)20-11-12-21(31-20)23(29)26-24-28-27-22(32-24)14-30-17-10-9-15-5-1-2-6-16(15)13-17/h1-13H,14H2,(H,26,28,29). The van der Waals surface area contributed by atoms with Crippen LogP contribution in [0.15, 0.2) is 83.3 Å². The van der Waals surface area contributed by atoms with E-state index in [1.54, 1.807) is 18.2 Å². The van der Waals surface area contributed by atoms with Gasteiger partial charge in [0.1, 0.15) is 18.1 Å². The highest BCUT2D eigenvalue weighted by Gasteiger charge is 2.16. The number of fused-ring (bicyclic) bond motifs is 1. The van der Waals surface area contributed by atoms with Crippen LogP contribution >= 0.6 is 22.9 Å². The number of benzene rings is 3. The third-order valence-corrected chi connectivity index (χ3v) is 5.88. The number of carbonyl (C=O) groups is 1. The average molecular weight is 462 g/mol. The number of halogens is 1. The molecule has 0 unspecified atom stereocenters. The van der Waals surface area contributed by atoms with Gasteiger partial charge in [-0.05, 0) is 47.2 Å². The van der Waals surface area contributed by atoms with Gasteiger partial charge in [-0.25, -0.2) is 0 Å². The summed E-state index contributed by atoms with van der Waals surface area (Å²) in [6, 6.07) is 24.6. The van der Waals surface area contributed by atoms with Gasteiger partial charge in [-0.2, -0.15) is 0 Å². The molecule has 1 amide bonds. The quantitative estimate of drug-likeness (QED) is 0.315. The number of hydrogen-bond donors (Lipinski definition) is 1. The molecule has 0 aliphatic carbocycles. The first kappa shape index (κ1) is 20.2. The molecule has 5 rings (SSSR count). The van der Waals surface area contributed by atoms with Crippen molar-refractivity contribution in [3.8, 4) is 17.1 Å². The molecule has 1 N–H and O–H groups in total. The number of carbonyl (C=O) groups excluding carboxylic acids is 1. The van der Waals surface area contributed by atoms with Crippen molar-refractivity contribution in [2.24, 2.45) is 0 Å². The molecule has 2 aromatic heterocycles. The van der Waals surface area contributed by atoms with Crippen LogP contribution in [-0.2, 0) is 6.61 Å². The zero-order valence-corrected chi connectivity index (χ0v) is 18.2. The highest BCUT2D eigenvalue weighted by Crippen LogP contribution is 2.29. The minimum Gasteiger partial charge on any atom is -0.486 e. The van der Waals surface area contributed by atoms with E-state index >= 15 is 0 Å². The predicted molar refractivity (Wildman–Crippen MR) is 125 cm³/mol. The Hall–Kier alpha value is -3.68. The molecule has 0 fully saturated rings. The smallest absolute Gasteiger partial charge is 0.293 e. The largest absolute Gasteiger partial charge is 0.486 e. The van der Waals surface area contributed by atoms with E-state index in [2.05, 4.69) is 21.6 Å². The molecule has 0 saturated heterocycles. The van der Waals surface area contributed by atoms with Gasteiger partial charge in [-0.3, -0.25) is 10.1 Å². The van der Waals surface area contributed by atoms with E-state index in [0.717, 1.165) is 22.1 Å². The average Bonchev–Trinajstić information content (AvgIpc) is 3.48. The Balaban J connectivity index is 1.22. The number of nitrogens with one attached hydrogen (secondary N) is 1. The number of ether oxygens (including phenoxy) is 1. The van der Waals surface area contributed by atoms with Crippen LogP contribution in [0.4, 0.5) is 5.13 Å². The molecule has 0 bridgehead atoms. The fourth-order valence-electron chi connectivity index (χ4n) is 3.19. The second kappa shape index (κ2) is 8.82. The number of anilines is 1. The van der Waals surface area contributed by atoms with Gasteiger partial charge >= 0.3 is 0 Å². The molecule has 3 aromatic carbocycles. The number of hydrogen-bond acceptors (Lipinski definition) is 6. The summed E-state index contributed by atoms with van der Waals surface area (Å²) in [7, 11) is 0. The maximum absolute atomic E-state index is 12.5. The SMILES string of the molecule is O=C(Nc1nnc(COc2ccc3ccccc3c2)s1)c1ccc(-c2ccccc2Cl)o1. The van der Waals surface area contributed by atoms with E-state index in [9.17, 15) is 4.79 Å². The van der Waals surface area contributed by atoms with E-state index in [-0.39, 0.29) is 12.4 Å². The van der Waals surface area contributed by atoms with Crippen molar-refractivity contribution in [2.45, 2.75) is 6.61 Å². The van der Waals surface area contributed by atoms with Crippen LogP contribution in [-0.4, -0.2) is 16.1 Å². The van der Waals surface area contributed by atoms with Crippen molar-refractivity contribution in [3.05, 3.63) is 94.7 Å². The summed E-state index contributed by atoms with van der Waals surface area (Å²) >= 11 is 7.44. The van der Waals surface area contributed by atoms with Crippen LogP contribution < -0.4 is 10.1 Å². The molecule has 8 heteroatoms. The van der Waals surface area contributed by atoms with Crippen LogP contribution in [0.1, 0.15) is 15.6 Å². The number of rotatable bonds is 6. The van der Waals surface area contributed by atoms with Gasteiger partial charge in [-0.1, -0.05) is 65.4 Å². The first-order valence-electron chi connectivity index (χ1n) is 9.76. The lowest BCUT2D eigenvalue weighted by Gasteiger charge is -2.05. The van der Waals surface area contributed by atoms with Crippen molar-refractivity contribution in [2.75, 3.05) is 5.32 Å². The zero-order valence-electron chi connectivity index (χ0n) is 16.6. The van der Waals surface area contributed by atoms with Gasteiger partial charge in [0.05, 0.1) is 5.02 Å². The summed E-state index contributed by atoms with van der Waals surface area (Å²) in [5.41, 5.74) is 0.720.